The van der Waals surface area contributed by atoms with Crippen LogP contribution in [0.2, 0.25) is 0 Å². The van der Waals surface area contributed by atoms with Crippen LogP contribution in [-0.2, 0) is 14.9 Å². The number of nitrogens with one attached hydrogen (secondary N) is 1. The number of amides is 1. The molecule has 26 heavy (non-hydrogen) atoms. The number of ether oxygens (including phenoxy) is 1. The van der Waals surface area contributed by atoms with Gasteiger partial charge in [-0.05, 0) is 69.1 Å². The Morgan fingerprint density at radius 2 is 1.88 bits per heavy atom. The molecule has 7 heteroatoms. The van der Waals surface area contributed by atoms with Crippen molar-refractivity contribution in [2.45, 2.75) is 68.1 Å². The van der Waals surface area contributed by atoms with Crippen LogP contribution in [0.3, 0.4) is 0 Å². The Bertz CT molecular complexity index is 635. The first kappa shape index (κ1) is 17.0. The van der Waals surface area contributed by atoms with E-state index in [2.05, 4.69) is 15.5 Å². The van der Waals surface area contributed by atoms with Crippen LogP contribution in [0.1, 0.15) is 57.3 Å². The molecule has 1 saturated heterocycles. The quantitative estimate of drug-likeness (QED) is 0.768. The van der Waals surface area contributed by atoms with Gasteiger partial charge < -0.3 is 14.5 Å². The molecule has 1 N–H and O–H groups in total. The molecule has 1 aromatic rings. The van der Waals surface area contributed by atoms with Crippen molar-refractivity contribution in [3.63, 3.8) is 0 Å². The normalized spacial score (nSPS) is 38.0. The first-order valence-corrected chi connectivity index (χ1v) is 11.0. The lowest BCUT2D eigenvalue weighted by molar-refractivity contribution is -0.119. The van der Waals surface area contributed by atoms with E-state index in [1.807, 2.05) is 0 Å². The lowest BCUT2D eigenvalue weighted by atomic mass is 9.49. The smallest absolute Gasteiger partial charge is 0.277 e. The van der Waals surface area contributed by atoms with Crippen molar-refractivity contribution < 1.29 is 13.9 Å². The molecule has 0 aromatic carbocycles. The van der Waals surface area contributed by atoms with E-state index in [0.717, 1.165) is 43.1 Å². The van der Waals surface area contributed by atoms with Gasteiger partial charge in [-0.3, -0.25) is 4.79 Å². The number of thioether (sulfide) groups is 1. The van der Waals surface area contributed by atoms with Gasteiger partial charge in [-0.1, -0.05) is 11.8 Å². The molecule has 1 aliphatic heterocycles. The van der Waals surface area contributed by atoms with Crippen LogP contribution in [0.4, 0.5) is 0 Å². The number of hydrogen-bond acceptors (Lipinski definition) is 6. The fourth-order valence-electron chi connectivity index (χ4n) is 6.07. The zero-order valence-corrected chi connectivity index (χ0v) is 15.9. The number of carbonyl (C=O) groups is 1. The third kappa shape index (κ3) is 3.28. The maximum absolute atomic E-state index is 12.0. The summed E-state index contributed by atoms with van der Waals surface area (Å²) in [5, 5.41) is 12.1. The second-order valence-corrected chi connectivity index (χ2v) is 9.73. The van der Waals surface area contributed by atoms with Gasteiger partial charge >= 0.3 is 0 Å². The van der Waals surface area contributed by atoms with Gasteiger partial charge in [0, 0.05) is 18.6 Å². The monoisotopic (exact) mass is 377 g/mol. The Balaban J connectivity index is 1.16. The largest absolute Gasteiger partial charge is 0.415 e. The first-order valence-electron chi connectivity index (χ1n) is 10.0. The van der Waals surface area contributed by atoms with Crippen molar-refractivity contribution >= 4 is 17.7 Å². The second-order valence-electron chi connectivity index (χ2n) is 8.80. The topological polar surface area (TPSA) is 77.2 Å². The predicted molar refractivity (Wildman–Crippen MR) is 96.9 cm³/mol. The van der Waals surface area contributed by atoms with E-state index in [4.69, 9.17) is 9.15 Å². The van der Waals surface area contributed by atoms with Crippen molar-refractivity contribution in [3.8, 4) is 0 Å². The molecule has 0 spiro atoms. The summed E-state index contributed by atoms with van der Waals surface area (Å²) in [4.78, 5) is 12.0. The summed E-state index contributed by atoms with van der Waals surface area (Å²) < 4.78 is 11.6. The van der Waals surface area contributed by atoms with E-state index in [0.29, 0.717) is 17.5 Å². The third-order valence-electron chi connectivity index (χ3n) is 6.78. The first-order chi connectivity index (χ1) is 12.7. The van der Waals surface area contributed by atoms with Gasteiger partial charge in [0.25, 0.3) is 5.22 Å². The minimum Gasteiger partial charge on any atom is -0.415 e. The van der Waals surface area contributed by atoms with Gasteiger partial charge in [0.05, 0.1) is 11.9 Å². The second kappa shape index (κ2) is 6.82. The van der Waals surface area contributed by atoms with E-state index in [1.165, 1.54) is 50.3 Å². The Morgan fingerprint density at radius 1 is 1.15 bits per heavy atom. The zero-order chi connectivity index (χ0) is 17.6. The van der Waals surface area contributed by atoms with Gasteiger partial charge in [0.1, 0.15) is 0 Å². The summed E-state index contributed by atoms with van der Waals surface area (Å²) in [5.41, 5.74) is 0.128. The summed E-state index contributed by atoms with van der Waals surface area (Å²) in [6, 6.07) is 0. The highest BCUT2D eigenvalue weighted by Gasteiger charge is 2.54. The van der Waals surface area contributed by atoms with Crippen LogP contribution in [0.25, 0.3) is 0 Å². The highest BCUT2D eigenvalue weighted by Crippen LogP contribution is 2.60. The summed E-state index contributed by atoms with van der Waals surface area (Å²) in [7, 11) is 0. The molecule has 6 nitrogen and oxygen atoms in total. The minimum absolute atomic E-state index is 0.0000505. The molecule has 2 heterocycles. The van der Waals surface area contributed by atoms with E-state index >= 15 is 0 Å². The molecule has 4 aliphatic carbocycles. The zero-order valence-electron chi connectivity index (χ0n) is 15.1. The van der Waals surface area contributed by atoms with Crippen LogP contribution in [0.15, 0.2) is 9.64 Å². The fraction of sp³-hybridized carbons (Fsp3) is 0.842. The van der Waals surface area contributed by atoms with Crippen molar-refractivity contribution in [2.75, 3.05) is 18.9 Å². The summed E-state index contributed by atoms with van der Waals surface area (Å²) in [6.07, 6.45) is 10.2. The van der Waals surface area contributed by atoms with E-state index in [9.17, 15) is 4.79 Å². The number of aromatic nitrogens is 2. The Hall–Kier alpha value is -1.08. The third-order valence-corrected chi connectivity index (χ3v) is 7.59. The Kier molecular flexibility index (Phi) is 4.47. The molecule has 142 valence electrons. The van der Waals surface area contributed by atoms with Gasteiger partial charge in [0.15, 0.2) is 0 Å². The van der Waals surface area contributed by atoms with Gasteiger partial charge in [-0.25, -0.2) is 0 Å². The molecule has 0 radical (unpaired) electrons. The SMILES string of the molecule is O=C(CSc1nnc(C23CC4CC(CC(C4)C2)C3)o1)NC[C@H]1CCCO1. The van der Waals surface area contributed by atoms with Crippen LogP contribution in [0, 0.1) is 17.8 Å². The maximum Gasteiger partial charge on any atom is 0.277 e. The van der Waals surface area contributed by atoms with E-state index in [1.54, 1.807) is 0 Å². The maximum atomic E-state index is 12.0. The lowest BCUT2D eigenvalue weighted by Gasteiger charge is -2.55. The summed E-state index contributed by atoms with van der Waals surface area (Å²) >= 11 is 1.34. The number of nitrogens with zero attached hydrogens (tertiary/aromatic N) is 2. The predicted octanol–water partition coefficient (Wildman–Crippen LogP) is 2.92. The molecule has 6 rings (SSSR count). The van der Waals surface area contributed by atoms with Gasteiger partial charge in [0.2, 0.25) is 11.8 Å². The standard InChI is InChI=1S/C19H27N3O3S/c23-16(20-10-15-2-1-3-24-15)11-26-18-22-21-17(25-18)19-7-12-4-13(8-19)6-14(5-12)9-19/h12-15H,1-11H2,(H,20,23)/t12?,13?,14?,15-,19?/m1/s1. The average molecular weight is 378 g/mol. The number of hydrogen-bond donors (Lipinski definition) is 1. The molecule has 4 saturated carbocycles. The van der Waals surface area contributed by atoms with Gasteiger partial charge in [-0.15, -0.1) is 10.2 Å². The highest BCUT2D eigenvalue weighted by molar-refractivity contribution is 7.99. The van der Waals surface area contributed by atoms with Crippen LogP contribution >= 0.6 is 11.8 Å². The lowest BCUT2D eigenvalue weighted by Crippen LogP contribution is -2.48. The molecular weight excluding hydrogens is 350 g/mol. The van der Waals surface area contributed by atoms with Crippen LogP contribution < -0.4 is 5.32 Å². The molecule has 1 amide bonds. The Morgan fingerprint density at radius 3 is 2.54 bits per heavy atom. The highest BCUT2D eigenvalue weighted by atomic mass is 32.2. The van der Waals surface area contributed by atoms with Crippen LogP contribution in [-0.4, -0.2) is 41.1 Å². The summed E-state index contributed by atoms with van der Waals surface area (Å²) in [5.74, 6) is 3.71. The van der Waals surface area contributed by atoms with Crippen molar-refractivity contribution in [2.24, 2.45) is 17.8 Å². The molecule has 4 bridgehead atoms. The number of carbonyl (C=O) groups excluding carboxylic acids is 1. The molecule has 5 aliphatic rings. The van der Waals surface area contributed by atoms with E-state index in [-0.39, 0.29) is 17.4 Å². The van der Waals surface area contributed by atoms with Crippen molar-refractivity contribution in [1.82, 2.24) is 15.5 Å². The Labute approximate surface area is 158 Å². The molecule has 1 atom stereocenters. The molecule has 0 unspecified atom stereocenters. The van der Waals surface area contributed by atoms with Crippen molar-refractivity contribution in [1.29, 1.82) is 0 Å². The molecule has 1 aromatic heterocycles. The summed E-state index contributed by atoms with van der Waals surface area (Å²) in [6.45, 7) is 1.41. The van der Waals surface area contributed by atoms with Crippen molar-refractivity contribution in [3.05, 3.63) is 5.89 Å². The van der Waals surface area contributed by atoms with Crippen LogP contribution in [0.5, 0.6) is 0 Å². The molecular formula is C19H27N3O3S. The minimum atomic E-state index is 0.0000505. The van der Waals surface area contributed by atoms with Gasteiger partial charge in [-0.2, -0.15) is 0 Å². The molecule has 5 fully saturated rings. The fourth-order valence-corrected chi connectivity index (χ4v) is 6.66. The van der Waals surface area contributed by atoms with E-state index < -0.39 is 0 Å². The average Bonchev–Trinajstić information content (AvgIpc) is 3.29. The number of rotatable bonds is 6.